The van der Waals surface area contributed by atoms with Gasteiger partial charge < -0.3 is 9.84 Å². The molecule has 0 aromatic carbocycles. The third-order valence-electron chi connectivity index (χ3n) is 3.19. The average Bonchev–Trinajstić information content (AvgIpc) is 3.24. The maximum atomic E-state index is 12.2. The van der Waals surface area contributed by atoms with E-state index in [-0.39, 0.29) is 17.5 Å². The molecule has 9 heteroatoms. The van der Waals surface area contributed by atoms with Crippen LogP contribution in [-0.2, 0) is 0 Å². The van der Waals surface area contributed by atoms with E-state index in [4.69, 9.17) is 4.52 Å². The Morgan fingerprint density at radius 1 is 1.30 bits per heavy atom. The molecule has 0 radical (unpaired) electrons. The molecule has 1 atom stereocenters. The summed E-state index contributed by atoms with van der Waals surface area (Å²) in [6.45, 7) is 3.92. The summed E-state index contributed by atoms with van der Waals surface area (Å²) < 4.78 is 9.02. The Kier molecular flexibility index (Phi) is 4.38. The zero-order valence-electron chi connectivity index (χ0n) is 12.5. The Bertz CT molecular complexity index is 772. The van der Waals surface area contributed by atoms with Gasteiger partial charge in [-0.05, 0) is 29.6 Å². The minimum absolute atomic E-state index is 0.0660. The molecule has 1 N–H and O–H groups in total. The maximum Gasteiger partial charge on any atom is 0.273 e. The molecule has 118 valence electrons. The van der Waals surface area contributed by atoms with Crippen molar-refractivity contribution >= 4 is 17.4 Å². The number of nitrogens with zero attached hydrogens (tertiary/aromatic N) is 5. The fourth-order valence-corrected chi connectivity index (χ4v) is 2.41. The molecule has 23 heavy (non-hydrogen) atoms. The van der Waals surface area contributed by atoms with Crippen LogP contribution < -0.4 is 5.32 Å². The third kappa shape index (κ3) is 3.39. The molecule has 0 fully saturated rings. The Morgan fingerprint density at radius 3 is 2.74 bits per heavy atom. The van der Waals surface area contributed by atoms with Crippen molar-refractivity contribution < 1.29 is 9.32 Å². The largest absolute Gasteiger partial charge is 0.339 e. The molecule has 0 aliphatic heterocycles. The molecule has 0 aliphatic rings. The molecule has 0 aliphatic carbocycles. The van der Waals surface area contributed by atoms with Gasteiger partial charge in [0, 0.05) is 23.3 Å². The molecule has 0 saturated carbocycles. The number of hydrogen-bond donors (Lipinski definition) is 1. The number of amides is 1. The number of hydrogen-bond acceptors (Lipinski definition) is 8. The Labute approximate surface area is 136 Å². The summed E-state index contributed by atoms with van der Waals surface area (Å²) in [6, 6.07) is 3.17. The van der Waals surface area contributed by atoms with Crippen molar-refractivity contribution in [2.24, 2.45) is 5.92 Å². The maximum absolute atomic E-state index is 12.2. The second kappa shape index (κ2) is 6.61. The lowest BCUT2D eigenvalue weighted by Crippen LogP contribution is -2.32. The van der Waals surface area contributed by atoms with Gasteiger partial charge in [0.05, 0.1) is 0 Å². The first-order valence-corrected chi connectivity index (χ1v) is 7.80. The fraction of sp³-hybridized carbons (Fsp3) is 0.286. The first kappa shape index (κ1) is 15.2. The quantitative estimate of drug-likeness (QED) is 0.763. The number of rotatable bonds is 5. The van der Waals surface area contributed by atoms with Gasteiger partial charge in [-0.1, -0.05) is 23.5 Å². The first-order valence-electron chi connectivity index (χ1n) is 6.97. The predicted octanol–water partition coefficient (Wildman–Crippen LogP) is 2.11. The van der Waals surface area contributed by atoms with Gasteiger partial charge in [-0.3, -0.25) is 9.78 Å². The number of nitrogens with one attached hydrogen (secondary N) is 1. The van der Waals surface area contributed by atoms with Gasteiger partial charge in [-0.15, -0.1) is 5.10 Å². The fourth-order valence-electron chi connectivity index (χ4n) is 1.97. The second-order valence-electron chi connectivity index (χ2n) is 5.18. The van der Waals surface area contributed by atoms with E-state index in [1.807, 2.05) is 13.8 Å². The summed E-state index contributed by atoms with van der Waals surface area (Å²) >= 11 is 1.12. The van der Waals surface area contributed by atoms with E-state index < -0.39 is 6.04 Å². The summed E-state index contributed by atoms with van der Waals surface area (Å²) in [4.78, 5) is 20.5. The van der Waals surface area contributed by atoms with Crippen molar-refractivity contribution in [3.05, 3.63) is 41.5 Å². The second-order valence-corrected chi connectivity index (χ2v) is 5.79. The zero-order chi connectivity index (χ0) is 16.2. The summed E-state index contributed by atoms with van der Waals surface area (Å²) in [7, 11) is 0. The van der Waals surface area contributed by atoms with Gasteiger partial charge >= 0.3 is 0 Å². The molecule has 3 rings (SSSR count). The minimum atomic E-state index is -0.410. The molecule has 0 spiro atoms. The minimum Gasteiger partial charge on any atom is -0.339 e. The highest BCUT2D eigenvalue weighted by Crippen LogP contribution is 2.23. The highest BCUT2D eigenvalue weighted by molar-refractivity contribution is 7.03. The Hall–Kier alpha value is -2.68. The third-order valence-corrected chi connectivity index (χ3v) is 3.70. The summed E-state index contributed by atoms with van der Waals surface area (Å²) in [5.41, 5.74) is 1.07. The lowest BCUT2D eigenvalue weighted by Gasteiger charge is -2.17. The van der Waals surface area contributed by atoms with Gasteiger partial charge in [0.2, 0.25) is 11.7 Å². The normalized spacial score (nSPS) is 12.3. The standard InChI is InChI=1S/C14H14N6O2S/c1-8(2)11(16-13(21)10-7-23-20-18-10)14-17-12(19-22-14)9-3-5-15-6-4-9/h3-8,11H,1-2H3,(H,16,21)/t11-/m0/s1. The van der Waals surface area contributed by atoms with E-state index in [2.05, 4.69) is 30.0 Å². The number of carbonyl (C=O) groups excluding carboxylic acids is 1. The molecular formula is C14H14N6O2S. The summed E-state index contributed by atoms with van der Waals surface area (Å²) in [6.07, 6.45) is 3.31. The van der Waals surface area contributed by atoms with E-state index in [1.54, 1.807) is 29.9 Å². The van der Waals surface area contributed by atoms with Crippen LogP contribution in [0.15, 0.2) is 34.4 Å². The molecule has 0 bridgehead atoms. The smallest absolute Gasteiger partial charge is 0.273 e. The van der Waals surface area contributed by atoms with Crippen LogP contribution in [0, 0.1) is 5.92 Å². The van der Waals surface area contributed by atoms with E-state index >= 15 is 0 Å². The SMILES string of the molecule is CC(C)[C@H](NC(=O)c1csnn1)c1nc(-c2ccncc2)no1. The van der Waals surface area contributed by atoms with Crippen molar-refractivity contribution in [1.29, 1.82) is 0 Å². The van der Waals surface area contributed by atoms with Crippen LogP contribution in [-0.4, -0.2) is 30.6 Å². The van der Waals surface area contributed by atoms with Crippen LogP contribution in [0.4, 0.5) is 0 Å². The molecule has 0 unspecified atom stereocenters. The van der Waals surface area contributed by atoms with E-state index in [1.165, 1.54) is 0 Å². The van der Waals surface area contributed by atoms with Gasteiger partial charge in [0.25, 0.3) is 5.91 Å². The summed E-state index contributed by atoms with van der Waals surface area (Å²) in [5, 5.41) is 12.2. The van der Waals surface area contributed by atoms with E-state index in [9.17, 15) is 4.79 Å². The molecule has 8 nitrogen and oxygen atoms in total. The van der Waals surface area contributed by atoms with Crippen molar-refractivity contribution in [3.8, 4) is 11.4 Å². The Balaban J connectivity index is 1.82. The molecule has 3 heterocycles. The van der Waals surface area contributed by atoms with E-state index in [0.29, 0.717) is 11.7 Å². The van der Waals surface area contributed by atoms with Gasteiger partial charge in [0.1, 0.15) is 6.04 Å². The number of carbonyl (C=O) groups is 1. The van der Waals surface area contributed by atoms with Crippen LogP contribution >= 0.6 is 11.5 Å². The van der Waals surface area contributed by atoms with Crippen LogP contribution in [0.1, 0.15) is 36.3 Å². The topological polar surface area (TPSA) is 107 Å². The predicted molar refractivity (Wildman–Crippen MR) is 82.5 cm³/mol. The van der Waals surface area contributed by atoms with Crippen molar-refractivity contribution in [1.82, 2.24) is 30.0 Å². The number of aromatic nitrogens is 5. The monoisotopic (exact) mass is 330 g/mol. The average molecular weight is 330 g/mol. The van der Waals surface area contributed by atoms with Crippen molar-refractivity contribution in [2.75, 3.05) is 0 Å². The molecule has 0 saturated heterocycles. The van der Waals surface area contributed by atoms with Crippen LogP contribution in [0.3, 0.4) is 0 Å². The Morgan fingerprint density at radius 2 is 2.09 bits per heavy atom. The lowest BCUT2D eigenvalue weighted by molar-refractivity contribution is 0.0909. The van der Waals surface area contributed by atoms with E-state index in [0.717, 1.165) is 17.1 Å². The molecule has 3 aromatic heterocycles. The van der Waals surface area contributed by atoms with Crippen molar-refractivity contribution in [3.63, 3.8) is 0 Å². The highest BCUT2D eigenvalue weighted by atomic mass is 32.1. The van der Waals surface area contributed by atoms with Crippen LogP contribution in [0.25, 0.3) is 11.4 Å². The van der Waals surface area contributed by atoms with Crippen LogP contribution in [0.2, 0.25) is 0 Å². The molecule has 3 aromatic rings. The van der Waals surface area contributed by atoms with Gasteiger partial charge in [-0.2, -0.15) is 4.98 Å². The zero-order valence-corrected chi connectivity index (χ0v) is 13.3. The van der Waals surface area contributed by atoms with Gasteiger partial charge in [0.15, 0.2) is 5.69 Å². The molecular weight excluding hydrogens is 316 g/mol. The van der Waals surface area contributed by atoms with Crippen LogP contribution in [0.5, 0.6) is 0 Å². The molecule has 1 amide bonds. The van der Waals surface area contributed by atoms with Gasteiger partial charge in [-0.25, -0.2) is 0 Å². The first-order chi connectivity index (χ1) is 11.1. The highest BCUT2D eigenvalue weighted by Gasteiger charge is 2.26. The van der Waals surface area contributed by atoms with Crippen molar-refractivity contribution in [2.45, 2.75) is 19.9 Å². The summed E-state index contributed by atoms with van der Waals surface area (Å²) in [5.74, 6) is 0.554. The number of pyridine rings is 1. The lowest BCUT2D eigenvalue weighted by atomic mass is 10.0.